The second-order valence-electron chi connectivity index (χ2n) is 4.40. The molecule has 8 heteroatoms. The smallest absolute Gasteiger partial charge is 0.319 e. The first-order valence-electron chi connectivity index (χ1n) is 5.98. The quantitative estimate of drug-likeness (QED) is 0.627. The number of carbonyl (C=O) groups is 1. The molecule has 0 aliphatic rings. The monoisotopic (exact) mass is 295 g/mol. The van der Waals surface area contributed by atoms with Crippen molar-refractivity contribution in [3.8, 4) is 0 Å². The second-order valence-corrected chi connectivity index (χ2v) is 5.28. The van der Waals surface area contributed by atoms with Crippen molar-refractivity contribution in [1.82, 2.24) is 4.98 Å². The van der Waals surface area contributed by atoms with Crippen LogP contribution in [-0.4, -0.2) is 27.0 Å². The van der Waals surface area contributed by atoms with Crippen LogP contribution in [0.15, 0.2) is 17.6 Å². The first kappa shape index (κ1) is 14.2. The molecule has 0 amide bonds. The van der Waals surface area contributed by atoms with Crippen LogP contribution in [0.5, 0.6) is 0 Å². The molecular formula is C12H13N3O4S. The Balaban J connectivity index is 2.27. The number of hydrogen-bond donors (Lipinski definition) is 2. The number of nitro benzene ring substituents is 1. The van der Waals surface area contributed by atoms with Gasteiger partial charge in [0.1, 0.15) is 5.69 Å². The van der Waals surface area contributed by atoms with Gasteiger partial charge < -0.3 is 10.4 Å². The van der Waals surface area contributed by atoms with Gasteiger partial charge in [-0.15, -0.1) is 11.3 Å². The van der Waals surface area contributed by atoms with E-state index in [1.807, 2.05) is 0 Å². The minimum atomic E-state index is -0.886. The number of benzene rings is 1. The number of aromatic nitrogens is 1. The molecule has 2 aromatic rings. The zero-order valence-electron chi connectivity index (χ0n) is 10.7. The first-order chi connectivity index (χ1) is 9.49. The van der Waals surface area contributed by atoms with Gasteiger partial charge in [0.05, 0.1) is 15.1 Å². The van der Waals surface area contributed by atoms with Crippen LogP contribution in [0.2, 0.25) is 0 Å². The van der Waals surface area contributed by atoms with Crippen LogP contribution in [0.4, 0.5) is 11.4 Å². The van der Waals surface area contributed by atoms with Crippen molar-refractivity contribution in [2.75, 3.05) is 5.32 Å². The van der Waals surface area contributed by atoms with Crippen molar-refractivity contribution in [3.63, 3.8) is 0 Å². The van der Waals surface area contributed by atoms with Crippen molar-refractivity contribution in [2.45, 2.75) is 25.8 Å². The van der Waals surface area contributed by atoms with E-state index in [4.69, 9.17) is 5.11 Å². The summed E-state index contributed by atoms with van der Waals surface area (Å²) in [7, 11) is 0. The molecule has 0 aliphatic carbocycles. The Kier molecular flexibility index (Phi) is 4.14. The molecule has 0 fully saturated rings. The number of thiazole rings is 1. The van der Waals surface area contributed by atoms with E-state index in [0.717, 1.165) is 4.70 Å². The summed E-state index contributed by atoms with van der Waals surface area (Å²) < 4.78 is 0.750. The SMILES string of the molecule is CC(CCC(=O)O)Nc1ccc2scnc2c1[N+](=O)[O-]. The molecule has 1 aromatic heterocycles. The topological polar surface area (TPSA) is 105 Å². The maximum absolute atomic E-state index is 11.2. The van der Waals surface area contributed by atoms with E-state index in [1.165, 1.54) is 11.3 Å². The Bertz CT molecular complexity index is 655. The lowest BCUT2D eigenvalue weighted by atomic mass is 10.1. The summed E-state index contributed by atoms with van der Waals surface area (Å²) in [5.74, 6) is -0.886. The normalized spacial score (nSPS) is 12.2. The molecule has 1 aromatic carbocycles. The Morgan fingerprint density at radius 1 is 1.60 bits per heavy atom. The molecule has 106 valence electrons. The van der Waals surface area contributed by atoms with Gasteiger partial charge in [-0.2, -0.15) is 0 Å². The standard InChI is InChI=1S/C12H13N3O4S/c1-7(2-5-10(16)17)14-8-3-4-9-11(13-6-20-9)12(8)15(18)19/h3-4,6-7,14H,2,5H2,1H3,(H,16,17). The van der Waals surface area contributed by atoms with E-state index in [2.05, 4.69) is 10.3 Å². The summed E-state index contributed by atoms with van der Waals surface area (Å²) in [6.07, 6.45) is 0.405. The average Bonchev–Trinajstić information content (AvgIpc) is 2.83. The van der Waals surface area contributed by atoms with Crippen LogP contribution in [0.3, 0.4) is 0 Å². The van der Waals surface area contributed by atoms with Crippen LogP contribution in [0, 0.1) is 10.1 Å². The third-order valence-corrected chi connectivity index (χ3v) is 3.65. The Labute approximate surface area is 118 Å². The highest BCUT2D eigenvalue weighted by molar-refractivity contribution is 7.16. The molecule has 20 heavy (non-hydrogen) atoms. The predicted octanol–water partition coefficient (Wildman–Crippen LogP) is 2.87. The molecule has 0 radical (unpaired) electrons. The maximum atomic E-state index is 11.2. The highest BCUT2D eigenvalue weighted by Gasteiger charge is 2.21. The maximum Gasteiger partial charge on any atom is 0.319 e. The summed E-state index contributed by atoms with van der Waals surface area (Å²) in [5, 5.41) is 22.8. The van der Waals surface area contributed by atoms with Crippen LogP contribution in [0.25, 0.3) is 10.2 Å². The van der Waals surface area contributed by atoms with Gasteiger partial charge in [0.25, 0.3) is 0 Å². The van der Waals surface area contributed by atoms with E-state index in [9.17, 15) is 14.9 Å². The number of carboxylic acid groups (broad SMARTS) is 1. The number of anilines is 1. The lowest BCUT2D eigenvalue weighted by Gasteiger charge is -2.14. The Hall–Kier alpha value is -2.22. The molecule has 0 bridgehead atoms. The zero-order valence-corrected chi connectivity index (χ0v) is 11.5. The molecule has 2 rings (SSSR count). The number of nitro groups is 1. The lowest BCUT2D eigenvalue weighted by Crippen LogP contribution is -2.17. The third kappa shape index (κ3) is 3.02. The van der Waals surface area contributed by atoms with Gasteiger partial charge in [-0.05, 0) is 25.5 Å². The molecule has 2 N–H and O–H groups in total. The number of carboxylic acids is 1. The number of nitrogens with one attached hydrogen (secondary N) is 1. The van der Waals surface area contributed by atoms with Crippen LogP contribution in [-0.2, 0) is 4.79 Å². The van der Waals surface area contributed by atoms with Crippen molar-refractivity contribution >= 4 is 38.9 Å². The van der Waals surface area contributed by atoms with Gasteiger partial charge in [0, 0.05) is 12.5 Å². The zero-order chi connectivity index (χ0) is 14.7. The van der Waals surface area contributed by atoms with Gasteiger partial charge in [-0.1, -0.05) is 0 Å². The average molecular weight is 295 g/mol. The van der Waals surface area contributed by atoms with Crippen molar-refractivity contribution in [2.24, 2.45) is 0 Å². The van der Waals surface area contributed by atoms with Gasteiger partial charge in [-0.3, -0.25) is 14.9 Å². The molecule has 0 aliphatic heterocycles. The first-order valence-corrected chi connectivity index (χ1v) is 6.86. The minimum absolute atomic E-state index is 0.0148. The van der Waals surface area contributed by atoms with Gasteiger partial charge in [-0.25, -0.2) is 4.98 Å². The van der Waals surface area contributed by atoms with E-state index in [-0.39, 0.29) is 18.2 Å². The van der Waals surface area contributed by atoms with Crippen LogP contribution < -0.4 is 5.32 Å². The molecular weight excluding hydrogens is 282 g/mol. The van der Waals surface area contributed by atoms with E-state index in [0.29, 0.717) is 17.6 Å². The lowest BCUT2D eigenvalue weighted by molar-refractivity contribution is -0.382. The molecule has 0 saturated carbocycles. The number of rotatable bonds is 6. The predicted molar refractivity (Wildman–Crippen MR) is 76.2 cm³/mol. The summed E-state index contributed by atoms with van der Waals surface area (Å²) in [5.41, 5.74) is 2.22. The van der Waals surface area contributed by atoms with Crippen LogP contribution in [0.1, 0.15) is 19.8 Å². The van der Waals surface area contributed by atoms with Gasteiger partial charge >= 0.3 is 11.7 Å². The van der Waals surface area contributed by atoms with Crippen LogP contribution >= 0.6 is 11.3 Å². The number of nitrogens with zero attached hydrogens (tertiary/aromatic N) is 2. The third-order valence-electron chi connectivity index (χ3n) is 2.85. The van der Waals surface area contributed by atoms with E-state index in [1.54, 1.807) is 24.6 Å². The minimum Gasteiger partial charge on any atom is -0.481 e. The van der Waals surface area contributed by atoms with Gasteiger partial charge in [0.15, 0.2) is 5.52 Å². The largest absolute Gasteiger partial charge is 0.481 e. The highest BCUT2D eigenvalue weighted by atomic mass is 32.1. The molecule has 1 heterocycles. The highest BCUT2D eigenvalue weighted by Crippen LogP contribution is 2.34. The van der Waals surface area contributed by atoms with E-state index >= 15 is 0 Å². The van der Waals surface area contributed by atoms with Crippen molar-refractivity contribution < 1.29 is 14.8 Å². The summed E-state index contributed by atoms with van der Waals surface area (Å²) in [6.45, 7) is 1.79. The number of fused-ring (bicyclic) bond motifs is 1. The van der Waals surface area contributed by atoms with E-state index < -0.39 is 10.9 Å². The molecule has 7 nitrogen and oxygen atoms in total. The fraction of sp³-hybridized carbons (Fsp3) is 0.333. The van der Waals surface area contributed by atoms with Crippen molar-refractivity contribution in [1.29, 1.82) is 0 Å². The van der Waals surface area contributed by atoms with Gasteiger partial charge in [0.2, 0.25) is 0 Å². The summed E-state index contributed by atoms with van der Waals surface area (Å²) in [6, 6.07) is 3.23. The fourth-order valence-electron chi connectivity index (χ4n) is 1.90. The second kappa shape index (κ2) is 5.83. The summed E-state index contributed by atoms with van der Waals surface area (Å²) in [4.78, 5) is 25.3. The molecule has 1 atom stereocenters. The molecule has 0 saturated heterocycles. The molecule has 0 spiro atoms. The summed E-state index contributed by atoms with van der Waals surface area (Å²) >= 11 is 1.34. The molecule has 1 unspecified atom stereocenters. The van der Waals surface area contributed by atoms with Crippen molar-refractivity contribution in [3.05, 3.63) is 27.8 Å². The fourth-order valence-corrected chi connectivity index (χ4v) is 2.58. The number of hydrogen-bond acceptors (Lipinski definition) is 6. The Morgan fingerprint density at radius 3 is 3.00 bits per heavy atom. The number of aliphatic carboxylic acids is 1. The Morgan fingerprint density at radius 2 is 2.35 bits per heavy atom.